The van der Waals surface area contributed by atoms with Crippen LogP contribution in [0.5, 0.6) is 0 Å². The zero-order valence-corrected chi connectivity index (χ0v) is 11.5. The van der Waals surface area contributed by atoms with Gasteiger partial charge in [0.05, 0.1) is 12.2 Å². The predicted octanol–water partition coefficient (Wildman–Crippen LogP) is 2.39. The normalized spacial score (nSPS) is 20.8. The fraction of sp³-hybridized carbons (Fsp3) is 0.571. The first kappa shape index (κ1) is 12.4. The average molecular weight is 260 g/mol. The highest BCUT2D eigenvalue weighted by molar-refractivity contribution is 5.08. The van der Waals surface area contributed by atoms with Crippen molar-refractivity contribution in [3.63, 3.8) is 0 Å². The molecule has 2 aromatic rings. The predicted molar refractivity (Wildman–Crippen MR) is 71.8 cm³/mol. The first-order valence-electron chi connectivity index (χ1n) is 6.87. The maximum Gasteiger partial charge on any atom is 0.208 e. The molecule has 1 N–H and O–H groups in total. The van der Waals surface area contributed by atoms with Crippen molar-refractivity contribution in [3.05, 3.63) is 35.3 Å². The lowest BCUT2D eigenvalue weighted by molar-refractivity contribution is 0.181. The van der Waals surface area contributed by atoms with Crippen LogP contribution in [-0.4, -0.2) is 33.2 Å². The van der Waals surface area contributed by atoms with Crippen molar-refractivity contribution in [2.45, 2.75) is 39.2 Å². The molecule has 1 aliphatic heterocycles. The molecule has 0 aromatic carbocycles. The Morgan fingerprint density at radius 2 is 2.37 bits per heavy atom. The summed E-state index contributed by atoms with van der Waals surface area (Å²) in [6.45, 7) is 6.93. The van der Waals surface area contributed by atoms with E-state index in [4.69, 9.17) is 4.42 Å². The van der Waals surface area contributed by atoms with E-state index >= 15 is 0 Å². The Morgan fingerprint density at radius 3 is 3.05 bits per heavy atom. The van der Waals surface area contributed by atoms with Crippen LogP contribution in [0.1, 0.15) is 41.8 Å². The van der Waals surface area contributed by atoms with E-state index in [2.05, 4.69) is 26.1 Å². The minimum atomic E-state index is 0.549. The van der Waals surface area contributed by atoms with E-state index in [9.17, 15) is 0 Å². The molecule has 1 saturated heterocycles. The molecule has 2 aromatic heterocycles. The van der Waals surface area contributed by atoms with Crippen LogP contribution in [-0.2, 0) is 6.54 Å². The van der Waals surface area contributed by atoms with Crippen molar-refractivity contribution >= 4 is 0 Å². The first-order valence-corrected chi connectivity index (χ1v) is 6.87. The van der Waals surface area contributed by atoms with Crippen LogP contribution >= 0.6 is 0 Å². The molecular weight excluding hydrogens is 240 g/mol. The first-order chi connectivity index (χ1) is 9.22. The Balaban J connectivity index is 1.65. The topological polar surface area (TPSA) is 58.0 Å². The molecule has 5 nitrogen and oxygen atoms in total. The number of hydrogen-bond donors (Lipinski definition) is 1. The van der Waals surface area contributed by atoms with Gasteiger partial charge in [-0.2, -0.15) is 5.10 Å². The summed E-state index contributed by atoms with van der Waals surface area (Å²) >= 11 is 0. The van der Waals surface area contributed by atoms with Crippen LogP contribution in [0.4, 0.5) is 0 Å². The fourth-order valence-electron chi connectivity index (χ4n) is 2.75. The second kappa shape index (κ2) is 5.17. The van der Waals surface area contributed by atoms with Crippen molar-refractivity contribution < 1.29 is 4.42 Å². The Labute approximate surface area is 113 Å². The zero-order chi connectivity index (χ0) is 13.2. The van der Waals surface area contributed by atoms with Gasteiger partial charge >= 0.3 is 0 Å². The van der Waals surface area contributed by atoms with E-state index in [1.54, 1.807) is 0 Å². The summed E-state index contributed by atoms with van der Waals surface area (Å²) in [5, 5.41) is 7.14. The number of piperidine rings is 1. The number of hydrogen-bond acceptors (Lipinski definition) is 4. The van der Waals surface area contributed by atoms with Gasteiger partial charge in [-0.05, 0) is 39.3 Å². The van der Waals surface area contributed by atoms with Gasteiger partial charge in [-0.25, -0.2) is 4.98 Å². The van der Waals surface area contributed by atoms with Gasteiger partial charge in [0, 0.05) is 24.4 Å². The second-order valence-corrected chi connectivity index (χ2v) is 5.34. The molecular formula is C14H20N4O. The highest BCUT2D eigenvalue weighted by atomic mass is 16.4. The monoisotopic (exact) mass is 260 g/mol. The van der Waals surface area contributed by atoms with Crippen LogP contribution in [0.15, 0.2) is 16.7 Å². The van der Waals surface area contributed by atoms with Gasteiger partial charge in [-0.15, -0.1) is 0 Å². The maximum absolute atomic E-state index is 5.67. The molecule has 1 fully saturated rings. The zero-order valence-electron chi connectivity index (χ0n) is 11.5. The Bertz CT molecular complexity index is 512. The van der Waals surface area contributed by atoms with Gasteiger partial charge in [-0.1, -0.05) is 0 Å². The van der Waals surface area contributed by atoms with Gasteiger partial charge in [0.25, 0.3) is 0 Å². The number of aromatic nitrogens is 3. The van der Waals surface area contributed by atoms with Crippen LogP contribution in [0.25, 0.3) is 0 Å². The molecule has 0 aliphatic carbocycles. The summed E-state index contributed by atoms with van der Waals surface area (Å²) in [5.74, 6) is 2.31. The smallest absolute Gasteiger partial charge is 0.208 e. The molecule has 0 amide bonds. The number of nitrogens with one attached hydrogen (secondary N) is 1. The van der Waals surface area contributed by atoms with E-state index in [0.717, 1.165) is 37.0 Å². The molecule has 0 saturated carbocycles. The molecule has 0 bridgehead atoms. The van der Waals surface area contributed by atoms with E-state index in [-0.39, 0.29) is 0 Å². The molecule has 0 spiro atoms. The van der Waals surface area contributed by atoms with E-state index in [1.807, 2.05) is 20.0 Å². The molecule has 102 valence electrons. The lowest BCUT2D eigenvalue weighted by Gasteiger charge is -2.31. The minimum Gasteiger partial charge on any atom is -0.444 e. The molecule has 0 radical (unpaired) electrons. The molecule has 1 aliphatic rings. The molecule has 3 heterocycles. The average Bonchev–Trinajstić information content (AvgIpc) is 3.01. The Morgan fingerprint density at radius 1 is 1.47 bits per heavy atom. The van der Waals surface area contributed by atoms with E-state index in [1.165, 1.54) is 18.5 Å². The minimum absolute atomic E-state index is 0.549. The van der Waals surface area contributed by atoms with Crippen LogP contribution in [0, 0.1) is 13.8 Å². The standard InChI is InChI=1S/C14H20N4O/c1-10-11(2)19-14(16-10)9-18-7-3-4-12(8-18)13-5-6-15-17-13/h5-6,12H,3-4,7-9H2,1-2H3,(H,15,17)/t12-/m1/s1. The largest absolute Gasteiger partial charge is 0.444 e. The highest BCUT2D eigenvalue weighted by Crippen LogP contribution is 2.26. The number of rotatable bonds is 3. The van der Waals surface area contributed by atoms with E-state index < -0.39 is 0 Å². The molecule has 19 heavy (non-hydrogen) atoms. The van der Waals surface area contributed by atoms with Crippen molar-refractivity contribution in [2.24, 2.45) is 0 Å². The third kappa shape index (κ3) is 2.71. The molecule has 1 atom stereocenters. The summed E-state index contributed by atoms with van der Waals surface area (Å²) in [5.41, 5.74) is 2.24. The SMILES string of the molecule is Cc1nc(CN2CCC[C@@H](c3ccn[nH]3)C2)oc1C. The lowest BCUT2D eigenvalue weighted by Crippen LogP contribution is -2.34. The summed E-state index contributed by atoms with van der Waals surface area (Å²) in [6.07, 6.45) is 4.26. The number of aryl methyl sites for hydroxylation is 2. The number of aromatic amines is 1. The Hall–Kier alpha value is -1.62. The summed E-state index contributed by atoms with van der Waals surface area (Å²) in [7, 11) is 0. The van der Waals surface area contributed by atoms with Crippen molar-refractivity contribution in [2.75, 3.05) is 13.1 Å². The number of likely N-dealkylation sites (tertiary alicyclic amines) is 1. The number of nitrogens with zero attached hydrogens (tertiary/aromatic N) is 3. The second-order valence-electron chi connectivity index (χ2n) is 5.34. The summed E-state index contributed by atoms with van der Waals surface area (Å²) < 4.78 is 5.67. The molecule has 5 heteroatoms. The number of H-pyrrole nitrogens is 1. The highest BCUT2D eigenvalue weighted by Gasteiger charge is 2.23. The summed E-state index contributed by atoms with van der Waals surface area (Å²) in [4.78, 5) is 6.88. The van der Waals surface area contributed by atoms with Gasteiger partial charge in [0.15, 0.2) is 0 Å². The van der Waals surface area contributed by atoms with Gasteiger partial charge in [-0.3, -0.25) is 10.00 Å². The maximum atomic E-state index is 5.67. The third-order valence-corrected chi connectivity index (χ3v) is 3.90. The Kier molecular flexibility index (Phi) is 3.38. The van der Waals surface area contributed by atoms with Crippen molar-refractivity contribution in [1.82, 2.24) is 20.1 Å². The van der Waals surface area contributed by atoms with Crippen LogP contribution < -0.4 is 0 Å². The number of oxazole rings is 1. The third-order valence-electron chi connectivity index (χ3n) is 3.90. The van der Waals surface area contributed by atoms with Gasteiger partial charge in [0.1, 0.15) is 5.76 Å². The summed E-state index contributed by atoms with van der Waals surface area (Å²) in [6, 6.07) is 2.08. The lowest BCUT2D eigenvalue weighted by atomic mass is 9.95. The quantitative estimate of drug-likeness (QED) is 0.920. The molecule has 0 unspecified atom stereocenters. The van der Waals surface area contributed by atoms with Gasteiger partial charge in [0.2, 0.25) is 5.89 Å². The van der Waals surface area contributed by atoms with Crippen LogP contribution in [0.3, 0.4) is 0 Å². The molecule has 3 rings (SSSR count). The fourth-order valence-corrected chi connectivity index (χ4v) is 2.75. The van der Waals surface area contributed by atoms with Crippen LogP contribution in [0.2, 0.25) is 0 Å². The van der Waals surface area contributed by atoms with Crippen molar-refractivity contribution in [1.29, 1.82) is 0 Å². The van der Waals surface area contributed by atoms with Crippen molar-refractivity contribution in [3.8, 4) is 0 Å². The van der Waals surface area contributed by atoms with E-state index in [0.29, 0.717) is 5.92 Å². The van der Waals surface area contributed by atoms with Gasteiger partial charge < -0.3 is 4.42 Å².